The monoisotopic (exact) mass is 267 g/mol. The van der Waals surface area contributed by atoms with Gasteiger partial charge in [-0.2, -0.15) is 0 Å². The van der Waals surface area contributed by atoms with Gasteiger partial charge in [-0.15, -0.1) is 0 Å². The summed E-state index contributed by atoms with van der Waals surface area (Å²) < 4.78 is 0. The van der Waals surface area contributed by atoms with Gasteiger partial charge in [0.15, 0.2) is 0 Å². The normalized spacial score (nSPS) is 22.1. The molecule has 0 saturated carbocycles. The fraction of sp³-hybridized carbons (Fsp3) is 0.526. The van der Waals surface area contributed by atoms with Gasteiger partial charge in [0.2, 0.25) is 0 Å². The van der Waals surface area contributed by atoms with Gasteiger partial charge in [0.05, 0.1) is 0 Å². The lowest BCUT2D eigenvalue weighted by molar-refractivity contribution is 0.605. The number of allylic oxidation sites excluding steroid dienone is 4. The average molecular weight is 267 g/mol. The zero-order chi connectivity index (χ0) is 13.8. The van der Waals surface area contributed by atoms with Crippen LogP contribution in [0.25, 0.3) is 0 Å². The van der Waals surface area contributed by atoms with Crippen molar-refractivity contribution in [2.45, 2.75) is 58.3 Å². The molecule has 0 aromatic carbocycles. The van der Waals surface area contributed by atoms with E-state index in [2.05, 4.69) is 36.2 Å². The molecule has 0 spiro atoms. The van der Waals surface area contributed by atoms with E-state index in [-0.39, 0.29) is 0 Å². The predicted octanol–water partition coefficient (Wildman–Crippen LogP) is 4.81. The standard InChI is InChI=1S/C19H25N/c1-15-5-4-6-16(10-9-15)11-12-17-13-14-20-19-8-3-2-7-18(17)19/h4,6,10,13-15H,2-3,5,7-9,11-12H2,1H3. The maximum Gasteiger partial charge on any atom is 0.0438 e. The second-order valence-electron chi connectivity index (χ2n) is 6.36. The number of aryl methyl sites for hydroxylation is 2. The van der Waals surface area contributed by atoms with Gasteiger partial charge in [0.1, 0.15) is 0 Å². The molecule has 1 heteroatoms. The molecule has 2 aliphatic carbocycles. The Bertz CT molecular complexity index is 525. The molecule has 0 amide bonds. The van der Waals surface area contributed by atoms with Crippen LogP contribution in [-0.2, 0) is 19.3 Å². The summed E-state index contributed by atoms with van der Waals surface area (Å²) in [5.41, 5.74) is 6.00. The summed E-state index contributed by atoms with van der Waals surface area (Å²) in [5, 5.41) is 0. The molecule has 0 radical (unpaired) electrons. The van der Waals surface area contributed by atoms with E-state index < -0.39 is 0 Å². The summed E-state index contributed by atoms with van der Waals surface area (Å²) >= 11 is 0. The highest BCUT2D eigenvalue weighted by molar-refractivity contribution is 5.33. The third kappa shape index (κ3) is 3.20. The van der Waals surface area contributed by atoms with Gasteiger partial charge in [-0.1, -0.05) is 30.7 Å². The van der Waals surface area contributed by atoms with Crippen LogP contribution in [0.15, 0.2) is 36.1 Å². The lowest BCUT2D eigenvalue weighted by atomic mass is 9.90. The van der Waals surface area contributed by atoms with E-state index in [1.165, 1.54) is 62.6 Å². The molecule has 1 atom stereocenters. The molecule has 106 valence electrons. The minimum absolute atomic E-state index is 0.803. The Balaban J connectivity index is 1.69. The first kappa shape index (κ1) is 13.6. The molecule has 20 heavy (non-hydrogen) atoms. The summed E-state index contributed by atoms with van der Waals surface area (Å²) in [7, 11) is 0. The summed E-state index contributed by atoms with van der Waals surface area (Å²) in [5.74, 6) is 0.803. The predicted molar refractivity (Wildman–Crippen MR) is 84.8 cm³/mol. The average Bonchev–Trinajstić information content (AvgIpc) is 2.70. The molecule has 1 aromatic heterocycles. The molecule has 2 aliphatic rings. The number of aromatic nitrogens is 1. The van der Waals surface area contributed by atoms with Crippen LogP contribution < -0.4 is 0 Å². The van der Waals surface area contributed by atoms with Crippen LogP contribution in [0.2, 0.25) is 0 Å². The molecule has 0 fully saturated rings. The van der Waals surface area contributed by atoms with Gasteiger partial charge in [0, 0.05) is 11.9 Å². The van der Waals surface area contributed by atoms with Gasteiger partial charge >= 0.3 is 0 Å². The largest absolute Gasteiger partial charge is 0.261 e. The molecular formula is C19H25N. The lowest BCUT2D eigenvalue weighted by Crippen LogP contribution is -2.08. The van der Waals surface area contributed by atoms with E-state index in [0.29, 0.717) is 0 Å². The van der Waals surface area contributed by atoms with Crippen molar-refractivity contribution in [3.8, 4) is 0 Å². The molecule has 0 aliphatic heterocycles. The topological polar surface area (TPSA) is 12.9 Å². The molecule has 1 aromatic rings. The van der Waals surface area contributed by atoms with Crippen molar-refractivity contribution in [1.82, 2.24) is 4.98 Å². The first-order valence-corrected chi connectivity index (χ1v) is 8.14. The first-order valence-electron chi connectivity index (χ1n) is 8.14. The Labute approximate surface area is 122 Å². The zero-order valence-corrected chi connectivity index (χ0v) is 12.6. The molecule has 3 rings (SSSR count). The Morgan fingerprint density at radius 2 is 2.05 bits per heavy atom. The van der Waals surface area contributed by atoms with Gasteiger partial charge in [-0.25, -0.2) is 0 Å². The minimum atomic E-state index is 0.803. The maximum absolute atomic E-state index is 4.57. The number of fused-ring (bicyclic) bond motifs is 1. The summed E-state index contributed by atoms with van der Waals surface area (Å²) in [6, 6.07) is 2.24. The number of hydrogen-bond acceptors (Lipinski definition) is 1. The minimum Gasteiger partial charge on any atom is -0.261 e. The molecular weight excluding hydrogens is 242 g/mol. The van der Waals surface area contributed by atoms with E-state index in [1.54, 1.807) is 11.1 Å². The van der Waals surface area contributed by atoms with Crippen LogP contribution in [0.1, 0.15) is 55.8 Å². The van der Waals surface area contributed by atoms with Gasteiger partial charge in [-0.05, 0) is 74.5 Å². The molecule has 1 nitrogen and oxygen atoms in total. The van der Waals surface area contributed by atoms with Crippen molar-refractivity contribution >= 4 is 0 Å². The van der Waals surface area contributed by atoms with Crippen molar-refractivity contribution in [2.24, 2.45) is 5.92 Å². The highest BCUT2D eigenvalue weighted by atomic mass is 14.7. The van der Waals surface area contributed by atoms with E-state index in [9.17, 15) is 0 Å². The smallest absolute Gasteiger partial charge is 0.0438 e. The van der Waals surface area contributed by atoms with Crippen molar-refractivity contribution in [1.29, 1.82) is 0 Å². The Kier molecular flexibility index (Phi) is 4.34. The van der Waals surface area contributed by atoms with Crippen LogP contribution in [0.4, 0.5) is 0 Å². The van der Waals surface area contributed by atoms with Crippen molar-refractivity contribution in [3.63, 3.8) is 0 Å². The van der Waals surface area contributed by atoms with E-state index >= 15 is 0 Å². The van der Waals surface area contributed by atoms with E-state index in [4.69, 9.17) is 0 Å². The second-order valence-corrected chi connectivity index (χ2v) is 6.36. The number of pyridine rings is 1. The number of rotatable bonds is 3. The maximum atomic E-state index is 4.57. The fourth-order valence-electron chi connectivity index (χ4n) is 3.36. The van der Waals surface area contributed by atoms with Crippen LogP contribution in [0.3, 0.4) is 0 Å². The highest BCUT2D eigenvalue weighted by Crippen LogP contribution is 2.25. The zero-order valence-electron chi connectivity index (χ0n) is 12.6. The van der Waals surface area contributed by atoms with Gasteiger partial charge in [-0.3, -0.25) is 4.98 Å². The van der Waals surface area contributed by atoms with Gasteiger partial charge < -0.3 is 0 Å². The Hall–Kier alpha value is -1.37. The first-order chi connectivity index (χ1) is 9.83. The van der Waals surface area contributed by atoms with Crippen LogP contribution in [-0.4, -0.2) is 4.98 Å². The third-order valence-electron chi connectivity index (χ3n) is 4.67. The lowest BCUT2D eigenvalue weighted by Gasteiger charge is -2.18. The molecule has 0 N–H and O–H groups in total. The van der Waals surface area contributed by atoms with Crippen LogP contribution >= 0.6 is 0 Å². The summed E-state index contributed by atoms with van der Waals surface area (Å²) in [6.07, 6.45) is 19.1. The van der Waals surface area contributed by atoms with Gasteiger partial charge in [0.25, 0.3) is 0 Å². The van der Waals surface area contributed by atoms with Crippen LogP contribution in [0.5, 0.6) is 0 Å². The van der Waals surface area contributed by atoms with Crippen molar-refractivity contribution < 1.29 is 0 Å². The Morgan fingerprint density at radius 1 is 1.15 bits per heavy atom. The second kappa shape index (κ2) is 6.39. The summed E-state index contributed by atoms with van der Waals surface area (Å²) in [6.45, 7) is 2.34. The molecule has 1 unspecified atom stereocenters. The van der Waals surface area contributed by atoms with E-state index in [1.807, 2.05) is 6.20 Å². The van der Waals surface area contributed by atoms with Crippen molar-refractivity contribution in [3.05, 3.63) is 52.9 Å². The molecule has 0 bridgehead atoms. The quantitative estimate of drug-likeness (QED) is 0.766. The number of nitrogens with zero attached hydrogens (tertiary/aromatic N) is 1. The highest BCUT2D eigenvalue weighted by Gasteiger charge is 2.14. The fourth-order valence-corrected chi connectivity index (χ4v) is 3.36. The van der Waals surface area contributed by atoms with Crippen LogP contribution in [0, 0.1) is 5.92 Å². The molecule has 1 heterocycles. The Morgan fingerprint density at radius 3 is 3.00 bits per heavy atom. The third-order valence-corrected chi connectivity index (χ3v) is 4.67. The van der Waals surface area contributed by atoms with Crippen molar-refractivity contribution in [2.75, 3.05) is 0 Å². The summed E-state index contributed by atoms with van der Waals surface area (Å²) in [4.78, 5) is 4.57. The molecule has 0 saturated heterocycles. The number of hydrogen-bond donors (Lipinski definition) is 0. The van der Waals surface area contributed by atoms with E-state index in [0.717, 1.165) is 5.92 Å². The SMILES string of the molecule is CC1CC=CC(CCc2ccnc3c2CCCC3)=CC1.